The zero-order chi connectivity index (χ0) is 21.3. The second-order valence-corrected chi connectivity index (χ2v) is 8.58. The van der Waals surface area contributed by atoms with Crippen molar-refractivity contribution in [2.45, 2.75) is 4.90 Å². The van der Waals surface area contributed by atoms with E-state index in [0.717, 1.165) is 8.99 Å². The van der Waals surface area contributed by atoms with E-state index in [1.54, 1.807) is 24.3 Å². The number of aryl methyl sites for hydroxylation is 1. The van der Waals surface area contributed by atoms with Crippen LogP contribution >= 0.6 is 0 Å². The highest BCUT2D eigenvalue weighted by Crippen LogP contribution is 2.29. The fourth-order valence-corrected chi connectivity index (χ4v) is 3.73. The standard InChI is InChI=1S/C19H20N4O5S/c1-22(2)29(26,27)12-9-10-16(28-4)15(11-12)20-18(24)17-13-7-5-6-8-14(13)19(25)23(3)21-17/h5-11H,1-4H3,(H,20,24). The highest BCUT2D eigenvalue weighted by atomic mass is 32.2. The van der Waals surface area contributed by atoms with Crippen LogP contribution in [0.1, 0.15) is 10.5 Å². The summed E-state index contributed by atoms with van der Waals surface area (Å²) in [6, 6.07) is 10.8. The molecule has 0 aliphatic carbocycles. The molecule has 0 saturated heterocycles. The number of ether oxygens (including phenoxy) is 1. The number of sulfonamides is 1. The molecule has 0 fully saturated rings. The molecule has 0 unspecified atom stereocenters. The van der Waals surface area contributed by atoms with Crippen molar-refractivity contribution < 1.29 is 17.9 Å². The SMILES string of the molecule is COc1ccc(S(=O)(=O)N(C)C)cc1NC(=O)c1nn(C)c(=O)c2ccccc12. The smallest absolute Gasteiger partial charge is 0.276 e. The van der Waals surface area contributed by atoms with E-state index in [2.05, 4.69) is 10.4 Å². The van der Waals surface area contributed by atoms with Gasteiger partial charge in [0.2, 0.25) is 10.0 Å². The van der Waals surface area contributed by atoms with Gasteiger partial charge in [-0.1, -0.05) is 18.2 Å². The molecule has 2 aromatic carbocycles. The van der Waals surface area contributed by atoms with Crippen molar-refractivity contribution in [2.24, 2.45) is 7.05 Å². The molecular formula is C19H20N4O5S. The van der Waals surface area contributed by atoms with E-state index in [9.17, 15) is 18.0 Å². The first kappa shape index (κ1) is 20.5. The lowest BCUT2D eigenvalue weighted by Gasteiger charge is -2.15. The number of rotatable bonds is 5. The van der Waals surface area contributed by atoms with Gasteiger partial charge in [0.15, 0.2) is 5.69 Å². The van der Waals surface area contributed by atoms with Crippen LogP contribution < -0.4 is 15.6 Å². The van der Waals surface area contributed by atoms with Crippen molar-refractivity contribution >= 4 is 32.4 Å². The molecule has 0 radical (unpaired) electrons. The number of aromatic nitrogens is 2. The Balaban J connectivity index is 2.09. The number of nitrogens with one attached hydrogen (secondary N) is 1. The Hall–Kier alpha value is -3.24. The van der Waals surface area contributed by atoms with Gasteiger partial charge in [0.25, 0.3) is 11.5 Å². The zero-order valence-corrected chi connectivity index (χ0v) is 17.1. The number of anilines is 1. The summed E-state index contributed by atoms with van der Waals surface area (Å²) in [5.41, 5.74) is -0.125. The van der Waals surface area contributed by atoms with Crippen molar-refractivity contribution in [3.63, 3.8) is 0 Å². The molecule has 152 valence electrons. The second-order valence-electron chi connectivity index (χ2n) is 6.43. The second kappa shape index (κ2) is 7.64. The van der Waals surface area contributed by atoms with E-state index >= 15 is 0 Å². The third kappa shape index (κ3) is 3.71. The summed E-state index contributed by atoms with van der Waals surface area (Å²) in [4.78, 5) is 25.2. The van der Waals surface area contributed by atoms with Gasteiger partial charge in [-0.05, 0) is 24.3 Å². The van der Waals surface area contributed by atoms with E-state index < -0.39 is 15.9 Å². The van der Waals surface area contributed by atoms with Crippen LogP contribution in [-0.2, 0) is 17.1 Å². The Morgan fingerprint density at radius 3 is 2.41 bits per heavy atom. The molecule has 29 heavy (non-hydrogen) atoms. The van der Waals surface area contributed by atoms with Gasteiger partial charge in [-0.15, -0.1) is 0 Å². The molecule has 0 bridgehead atoms. The molecule has 10 heteroatoms. The van der Waals surface area contributed by atoms with Gasteiger partial charge in [-0.25, -0.2) is 17.4 Å². The molecule has 0 aliphatic heterocycles. The van der Waals surface area contributed by atoms with Crippen molar-refractivity contribution in [1.82, 2.24) is 14.1 Å². The predicted octanol–water partition coefficient (Wildman–Crippen LogP) is 1.44. The number of methoxy groups -OCH3 is 1. The van der Waals surface area contributed by atoms with Crippen LogP contribution in [0.5, 0.6) is 5.75 Å². The van der Waals surface area contributed by atoms with Crippen LogP contribution in [0.25, 0.3) is 10.8 Å². The highest BCUT2D eigenvalue weighted by Gasteiger charge is 2.21. The summed E-state index contributed by atoms with van der Waals surface area (Å²) >= 11 is 0. The summed E-state index contributed by atoms with van der Waals surface area (Å²) in [6.07, 6.45) is 0. The van der Waals surface area contributed by atoms with E-state index in [4.69, 9.17) is 4.74 Å². The molecule has 1 amide bonds. The average Bonchev–Trinajstić information content (AvgIpc) is 2.70. The summed E-state index contributed by atoms with van der Waals surface area (Å²) in [5.74, 6) is -0.320. The Labute approximate surface area is 167 Å². The van der Waals surface area contributed by atoms with Crippen molar-refractivity contribution in [1.29, 1.82) is 0 Å². The largest absolute Gasteiger partial charge is 0.495 e. The minimum atomic E-state index is -3.71. The quantitative estimate of drug-likeness (QED) is 0.674. The molecule has 0 saturated carbocycles. The Kier molecular flexibility index (Phi) is 5.40. The Bertz CT molecular complexity index is 1270. The van der Waals surface area contributed by atoms with Crippen LogP contribution in [0.3, 0.4) is 0 Å². The average molecular weight is 416 g/mol. The van der Waals surface area contributed by atoms with E-state index in [-0.39, 0.29) is 27.6 Å². The normalized spacial score (nSPS) is 11.6. The molecule has 0 aliphatic rings. The molecule has 1 heterocycles. The lowest BCUT2D eigenvalue weighted by Crippen LogP contribution is -2.25. The highest BCUT2D eigenvalue weighted by molar-refractivity contribution is 7.89. The van der Waals surface area contributed by atoms with Crippen LogP contribution in [-0.4, -0.2) is 49.6 Å². The number of benzene rings is 2. The number of carbonyl (C=O) groups is 1. The first-order chi connectivity index (χ1) is 13.7. The maximum atomic E-state index is 13.0. The summed E-state index contributed by atoms with van der Waals surface area (Å²) < 4.78 is 32.2. The van der Waals surface area contributed by atoms with Gasteiger partial charge >= 0.3 is 0 Å². The van der Waals surface area contributed by atoms with Crippen LogP contribution in [0.2, 0.25) is 0 Å². The first-order valence-corrected chi connectivity index (χ1v) is 9.98. The molecule has 0 spiro atoms. The van der Waals surface area contributed by atoms with Crippen molar-refractivity contribution in [2.75, 3.05) is 26.5 Å². The molecule has 9 nitrogen and oxygen atoms in total. The van der Waals surface area contributed by atoms with Gasteiger partial charge < -0.3 is 10.1 Å². The predicted molar refractivity (Wildman–Crippen MR) is 109 cm³/mol. The molecule has 1 aromatic heterocycles. The van der Waals surface area contributed by atoms with Gasteiger partial charge in [0.05, 0.1) is 23.1 Å². The van der Waals surface area contributed by atoms with Gasteiger partial charge in [0, 0.05) is 26.5 Å². The molecule has 3 aromatic rings. The summed E-state index contributed by atoms with van der Waals surface area (Å²) in [6.45, 7) is 0. The third-order valence-electron chi connectivity index (χ3n) is 4.37. The van der Waals surface area contributed by atoms with Crippen LogP contribution in [0, 0.1) is 0 Å². The molecule has 3 rings (SSSR count). The topological polar surface area (TPSA) is 111 Å². The van der Waals surface area contributed by atoms with Gasteiger partial charge in [-0.2, -0.15) is 5.10 Å². The van der Waals surface area contributed by atoms with Crippen molar-refractivity contribution in [3.8, 4) is 5.75 Å². The number of fused-ring (bicyclic) bond motifs is 1. The van der Waals surface area contributed by atoms with Gasteiger partial charge in [-0.3, -0.25) is 9.59 Å². The molecule has 0 atom stereocenters. The summed E-state index contributed by atoms with van der Waals surface area (Å²) in [5, 5.41) is 7.47. The van der Waals surface area contributed by atoms with Crippen LogP contribution in [0.15, 0.2) is 52.2 Å². The molecule has 1 N–H and O–H groups in total. The molecular weight excluding hydrogens is 396 g/mol. The summed E-state index contributed by atoms with van der Waals surface area (Å²) in [7, 11) is 1.99. The van der Waals surface area contributed by atoms with Gasteiger partial charge in [0.1, 0.15) is 5.75 Å². The Morgan fingerprint density at radius 2 is 1.79 bits per heavy atom. The van der Waals surface area contributed by atoms with Crippen molar-refractivity contribution in [3.05, 3.63) is 58.5 Å². The number of carbonyl (C=O) groups excluding carboxylic acids is 1. The fraction of sp³-hybridized carbons (Fsp3) is 0.211. The lowest BCUT2D eigenvalue weighted by molar-refractivity contribution is 0.102. The lowest BCUT2D eigenvalue weighted by atomic mass is 10.1. The maximum absolute atomic E-state index is 13.0. The number of hydrogen-bond acceptors (Lipinski definition) is 6. The number of nitrogens with zero attached hydrogens (tertiary/aromatic N) is 3. The van der Waals surface area contributed by atoms with E-state index in [0.29, 0.717) is 10.8 Å². The maximum Gasteiger partial charge on any atom is 0.276 e. The monoisotopic (exact) mass is 416 g/mol. The first-order valence-electron chi connectivity index (χ1n) is 8.54. The number of amides is 1. The number of hydrogen-bond donors (Lipinski definition) is 1. The fourth-order valence-electron chi connectivity index (χ4n) is 2.80. The zero-order valence-electron chi connectivity index (χ0n) is 16.3. The van der Waals surface area contributed by atoms with E-state index in [1.807, 2.05) is 0 Å². The van der Waals surface area contributed by atoms with Crippen LogP contribution in [0.4, 0.5) is 5.69 Å². The van der Waals surface area contributed by atoms with E-state index in [1.165, 1.54) is 46.5 Å². The minimum Gasteiger partial charge on any atom is -0.495 e. The Morgan fingerprint density at radius 1 is 1.14 bits per heavy atom. The third-order valence-corrected chi connectivity index (χ3v) is 6.18. The minimum absolute atomic E-state index is 0.00289.